The molecule has 0 unspecified atom stereocenters. The lowest BCUT2D eigenvalue weighted by atomic mass is 9.77. The van der Waals surface area contributed by atoms with Gasteiger partial charge in [0.2, 0.25) is 11.8 Å². The predicted molar refractivity (Wildman–Crippen MR) is 161 cm³/mol. The molecule has 3 aromatic carbocycles. The number of nitrogens with one attached hydrogen (secondary N) is 1. The third kappa shape index (κ3) is 7.61. The second-order valence-electron chi connectivity index (χ2n) is 10.9. The van der Waals surface area contributed by atoms with Crippen molar-refractivity contribution in [3.05, 3.63) is 108 Å². The molecular weight excluding hydrogens is 514 g/mol. The maximum atomic E-state index is 13.8. The summed E-state index contributed by atoms with van der Waals surface area (Å²) >= 11 is 0. The van der Waals surface area contributed by atoms with Crippen LogP contribution < -0.4 is 11.1 Å². The molecular formula is C34H43N3O4. The zero-order valence-electron chi connectivity index (χ0n) is 24.2. The smallest absolute Gasteiger partial charge is 0.240 e. The van der Waals surface area contributed by atoms with Crippen LogP contribution in [0, 0.1) is 5.92 Å². The Morgan fingerprint density at radius 1 is 0.829 bits per heavy atom. The van der Waals surface area contributed by atoms with Gasteiger partial charge in [-0.05, 0) is 35.4 Å². The highest BCUT2D eigenvalue weighted by Crippen LogP contribution is 2.37. The van der Waals surface area contributed by atoms with Gasteiger partial charge in [-0.15, -0.1) is 0 Å². The summed E-state index contributed by atoms with van der Waals surface area (Å²) in [7, 11) is 3.11. The molecule has 1 aliphatic carbocycles. The highest BCUT2D eigenvalue weighted by Gasteiger charge is 2.39. The first-order valence-corrected chi connectivity index (χ1v) is 14.6. The highest BCUT2D eigenvalue weighted by molar-refractivity contribution is 5.89. The third-order valence-corrected chi connectivity index (χ3v) is 8.08. The summed E-state index contributed by atoms with van der Waals surface area (Å²) in [5, 5.41) is 3.31. The molecule has 0 saturated heterocycles. The molecule has 1 fully saturated rings. The molecule has 41 heavy (non-hydrogen) atoms. The Bertz CT molecular complexity index is 1120. The van der Waals surface area contributed by atoms with Crippen LogP contribution >= 0.6 is 0 Å². The largest absolute Gasteiger partial charge is 0.354 e. The second kappa shape index (κ2) is 14.9. The molecule has 0 spiro atoms. The van der Waals surface area contributed by atoms with Gasteiger partial charge >= 0.3 is 0 Å². The summed E-state index contributed by atoms with van der Waals surface area (Å²) in [4.78, 5) is 29.3. The molecule has 4 rings (SSSR count). The van der Waals surface area contributed by atoms with Crippen LogP contribution in [0.25, 0.3) is 0 Å². The molecule has 218 valence electrons. The number of hydrogen-bond donors (Lipinski definition) is 2. The van der Waals surface area contributed by atoms with Crippen LogP contribution in [0.2, 0.25) is 0 Å². The van der Waals surface area contributed by atoms with Gasteiger partial charge in [0, 0.05) is 20.8 Å². The normalized spacial score (nSPS) is 14.9. The molecule has 0 aromatic heterocycles. The van der Waals surface area contributed by atoms with Gasteiger partial charge in [-0.25, -0.2) is 0 Å². The van der Waals surface area contributed by atoms with Crippen molar-refractivity contribution in [1.29, 1.82) is 0 Å². The van der Waals surface area contributed by atoms with Crippen molar-refractivity contribution in [3.8, 4) is 0 Å². The van der Waals surface area contributed by atoms with E-state index >= 15 is 0 Å². The van der Waals surface area contributed by atoms with Crippen molar-refractivity contribution in [2.75, 3.05) is 27.3 Å². The number of carbonyl (C=O) groups excluding carboxylic acids is 2. The van der Waals surface area contributed by atoms with Crippen molar-refractivity contribution in [2.45, 2.75) is 56.4 Å². The van der Waals surface area contributed by atoms with Crippen LogP contribution in [0.15, 0.2) is 91.0 Å². The molecule has 0 radical (unpaired) electrons. The summed E-state index contributed by atoms with van der Waals surface area (Å²) < 4.78 is 10.8. The molecule has 7 heteroatoms. The van der Waals surface area contributed by atoms with Crippen LogP contribution in [0.3, 0.4) is 0 Å². The summed E-state index contributed by atoms with van der Waals surface area (Å²) in [6, 6.07) is 28.7. The summed E-state index contributed by atoms with van der Waals surface area (Å²) in [5.74, 6) is -0.172. The van der Waals surface area contributed by atoms with Gasteiger partial charge in [0.05, 0.1) is 19.0 Å². The van der Waals surface area contributed by atoms with E-state index in [4.69, 9.17) is 15.2 Å². The Balaban J connectivity index is 1.60. The lowest BCUT2D eigenvalue weighted by molar-refractivity contribution is -0.148. The van der Waals surface area contributed by atoms with E-state index in [2.05, 4.69) is 5.32 Å². The number of ether oxygens (including phenoxy) is 2. The Kier molecular flexibility index (Phi) is 11.1. The average Bonchev–Trinajstić information content (AvgIpc) is 3.03. The van der Waals surface area contributed by atoms with Gasteiger partial charge in [-0.1, -0.05) is 110 Å². The van der Waals surface area contributed by atoms with Gasteiger partial charge in [-0.2, -0.15) is 0 Å². The quantitative estimate of drug-likeness (QED) is 0.232. The minimum atomic E-state index is -1.01. The molecule has 3 aromatic rings. The van der Waals surface area contributed by atoms with E-state index in [1.54, 1.807) is 19.1 Å². The number of methoxy groups -OCH3 is 2. The van der Waals surface area contributed by atoms with Gasteiger partial charge in [0.15, 0.2) is 6.29 Å². The van der Waals surface area contributed by atoms with E-state index in [-0.39, 0.29) is 24.8 Å². The second-order valence-corrected chi connectivity index (χ2v) is 10.9. The molecule has 0 aliphatic heterocycles. The first-order chi connectivity index (χ1) is 20.0. The van der Waals surface area contributed by atoms with E-state index in [0.29, 0.717) is 12.5 Å². The summed E-state index contributed by atoms with van der Waals surface area (Å²) in [6.45, 7) is 0.846. The maximum absolute atomic E-state index is 13.8. The molecule has 0 heterocycles. The maximum Gasteiger partial charge on any atom is 0.240 e. The van der Waals surface area contributed by atoms with Gasteiger partial charge in [0.25, 0.3) is 0 Å². The van der Waals surface area contributed by atoms with Crippen LogP contribution in [-0.2, 0) is 24.6 Å². The standard InChI is InChI=1S/C34H43N3O4/c1-40-32(41-2)25-37(24-26-15-7-3-8-16-26)33(39)30(35)23-31(38)36-34(27-17-9-4-10-18-27,28-19-11-5-12-20-28)29-21-13-6-14-22-29/h4-6,9-14,17-22,26,30,32H,3,7-8,15-16,23-25,35H2,1-2H3,(H,36,38)/t30-/m0/s1. The SMILES string of the molecule is COC(CN(CC1CCCCC1)C(=O)[C@@H](N)CC(=O)NC(c1ccccc1)(c1ccccc1)c1ccccc1)OC. The van der Waals surface area contributed by atoms with Crippen molar-refractivity contribution in [1.82, 2.24) is 10.2 Å². The zero-order valence-corrected chi connectivity index (χ0v) is 24.2. The Labute approximate surface area is 244 Å². The van der Waals surface area contributed by atoms with Crippen LogP contribution in [-0.4, -0.2) is 56.4 Å². The van der Waals surface area contributed by atoms with Gasteiger partial charge < -0.3 is 25.4 Å². The number of benzene rings is 3. The number of hydrogen-bond acceptors (Lipinski definition) is 5. The topological polar surface area (TPSA) is 93.9 Å². The Hall–Kier alpha value is -3.52. The fraction of sp³-hybridized carbons (Fsp3) is 0.412. The number of nitrogens with two attached hydrogens (primary N) is 1. The monoisotopic (exact) mass is 557 g/mol. The van der Waals surface area contributed by atoms with Gasteiger partial charge in [-0.3, -0.25) is 9.59 Å². The molecule has 0 bridgehead atoms. The van der Waals surface area contributed by atoms with Crippen molar-refractivity contribution in [2.24, 2.45) is 11.7 Å². The zero-order chi connectivity index (χ0) is 29.1. The van der Waals surface area contributed by atoms with E-state index in [0.717, 1.165) is 29.5 Å². The third-order valence-electron chi connectivity index (χ3n) is 8.08. The number of rotatable bonds is 13. The molecule has 2 amide bonds. The van der Waals surface area contributed by atoms with Gasteiger partial charge in [0.1, 0.15) is 5.54 Å². The van der Waals surface area contributed by atoms with Crippen molar-refractivity contribution in [3.63, 3.8) is 0 Å². The van der Waals surface area contributed by atoms with Crippen molar-refractivity contribution >= 4 is 11.8 Å². The van der Waals surface area contributed by atoms with Crippen LogP contribution in [0.5, 0.6) is 0 Å². The van der Waals surface area contributed by atoms with E-state index in [1.165, 1.54) is 19.3 Å². The van der Waals surface area contributed by atoms with Crippen molar-refractivity contribution < 1.29 is 19.1 Å². The average molecular weight is 558 g/mol. The highest BCUT2D eigenvalue weighted by atomic mass is 16.7. The number of nitrogens with zero attached hydrogens (tertiary/aromatic N) is 1. The predicted octanol–water partition coefficient (Wildman–Crippen LogP) is 4.84. The van der Waals surface area contributed by atoms with Crippen LogP contribution in [0.1, 0.15) is 55.2 Å². The lowest BCUT2D eigenvalue weighted by Crippen LogP contribution is -2.53. The summed E-state index contributed by atoms with van der Waals surface area (Å²) in [6.07, 6.45) is 5.01. The first kappa shape index (κ1) is 30.4. The summed E-state index contributed by atoms with van der Waals surface area (Å²) in [5.41, 5.74) is 8.24. The molecule has 1 aliphatic rings. The first-order valence-electron chi connectivity index (χ1n) is 14.6. The molecule has 7 nitrogen and oxygen atoms in total. The number of carbonyl (C=O) groups is 2. The Morgan fingerprint density at radius 3 is 1.73 bits per heavy atom. The minimum absolute atomic E-state index is 0.154. The lowest BCUT2D eigenvalue weighted by Gasteiger charge is -2.37. The molecule has 1 atom stereocenters. The number of amides is 2. The van der Waals surface area contributed by atoms with E-state index in [1.807, 2.05) is 91.0 Å². The molecule has 3 N–H and O–H groups in total. The van der Waals surface area contributed by atoms with Crippen LogP contribution in [0.4, 0.5) is 0 Å². The fourth-order valence-electron chi connectivity index (χ4n) is 5.92. The van der Waals surface area contributed by atoms with E-state index < -0.39 is 17.9 Å². The fourth-order valence-corrected chi connectivity index (χ4v) is 5.92. The Morgan fingerprint density at radius 2 is 1.29 bits per heavy atom. The minimum Gasteiger partial charge on any atom is -0.354 e. The van der Waals surface area contributed by atoms with E-state index in [9.17, 15) is 9.59 Å². The molecule has 1 saturated carbocycles.